The smallest absolute Gasteiger partial charge is 0.260 e. The number of aromatic amines is 1. The van der Waals surface area contributed by atoms with Crippen LogP contribution in [-0.4, -0.2) is 22.3 Å². The topological polar surface area (TPSA) is 55.0 Å². The molecule has 4 nitrogen and oxygen atoms in total. The molecule has 4 aromatic rings. The number of halogens is 1. The molecule has 148 valence electrons. The normalized spacial score (nSPS) is 11.1. The Labute approximate surface area is 175 Å². The molecule has 0 aliphatic carbocycles. The Kier molecular flexibility index (Phi) is 6.27. The molecule has 0 aliphatic rings. The maximum Gasteiger partial charge on any atom is 0.260 e. The van der Waals surface area contributed by atoms with Crippen LogP contribution in [0.4, 0.5) is 4.39 Å². The molecular formula is C22H19FN2O2S2. The number of H-pyrrole nitrogens is 1. The fourth-order valence-electron chi connectivity index (χ4n) is 2.94. The first-order valence-corrected chi connectivity index (χ1v) is 11.3. The van der Waals surface area contributed by atoms with Gasteiger partial charge in [-0.25, -0.2) is 9.37 Å². The van der Waals surface area contributed by atoms with Crippen LogP contribution < -0.4 is 10.3 Å². The van der Waals surface area contributed by atoms with Gasteiger partial charge in [-0.15, -0.1) is 11.3 Å². The van der Waals surface area contributed by atoms with Crippen LogP contribution in [0.5, 0.6) is 5.75 Å². The first kappa shape index (κ1) is 19.7. The van der Waals surface area contributed by atoms with Gasteiger partial charge in [0, 0.05) is 10.9 Å². The Morgan fingerprint density at radius 3 is 2.69 bits per heavy atom. The lowest BCUT2D eigenvalue weighted by Gasteiger charge is -2.06. The quantitative estimate of drug-likeness (QED) is 0.378. The molecule has 4 rings (SSSR count). The average Bonchev–Trinajstić information content (AvgIpc) is 3.16. The monoisotopic (exact) mass is 426 g/mol. The number of nitrogens with one attached hydrogen (secondary N) is 1. The molecule has 0 unspecified atom stereocenters. The van der Waals surface area contributed by atoms with Crippen molar-refractivity contribution in [2.24, 2.45) is 0 Å². The van der Waals surface area contributed by atoms with Gasteiger partial charge in [0.2, 0.25) is 0 Å². The highest BCUT2D eigenvalue weighted by Gasteiger charge is 2.13. The van der Waals surface area contributed by atoms with Gasteiger partial charge in [0.15, 0.2) is 0 Å². The van der Waals surface area contributed by atoms with Crippen LogP contribution in [-0.2, 0) is 5.75 Å². The maximum absolute atomic E-state index is 13.2. The van der Waals surface area contributed by atoms with Gasteiger partial charge in [0.05, 0.1) is 17.7 Å². The van der Waals surface area contributed by atoms with Crippen molar-refractivity contribution in [1.29, 1.82) is 0 Å². The highest BCUT2D eigenvalue weighted by atomic mass is 32.2. The van der Waals surface area contributed by atoms with Gasteiger partial charge in [-0.05, 0) is 42.0 Å². The Bertz CT molecular complexity index is 1140. The number of hydrogen-bond donors (Lipinski definition) is 1. The fraction of sp³-hybridized carbons (Fsp3) is 0.182. The van der Waals surface area contributed by atoms with E-state index in [9.17, 15) is 9.18 Å². The number of benzene rings is 2. The molecule has 2 heterocycles. The summed E-state index contributed by atoms with van der Waals surface area (Å²) in [5.41, 5.74) is 1.44. The van der Waals surface area contributed by atoms with E-state index < -0.39 is 0 Å². The first-order chi connectivity index (χ1) is 14.2. The summed E-state index contributed by atoms with van der Waals surface area (Å²) in [5.74, 6) is 2.81. The van der Waals surface area contributed by atoms with Crippen molar-refractivity contribution in [3.05, 3.63) is 82.0 Å². The molecule has 2 aromatic heterocycles. The summed E-state index contributed by atoms with van der Waals surface area (Å²) in [6.45, 7) is 0.659. The Morgan fingerprint density at radius 1 is 1.10 bits per heavy atom. The Morgan fingerprint density at radius 2 is 1.90 bits per heavy atom. The second-order valence-corrected chi connectivity index (χ2v) is 8.38. The number of fused-ring (bicyclic) bond motifs is 1. The molecule has 7 heteroatoms. The third kappa shape index (κ3) is 4.86. The minimum absolute atomic E-state index is 0.154. The number of para-hydroxylation sites is 1. The van der Waals surface area contributed by atoms with Gasteiger partial charge >= 0.3 is 0 Å². The van der Waals surface area contributed by atoms with Gasteiger partial charge in [-0.1, -0.05) is 30.3 Å². The van der Waals surface area contributed by atoms with Gasteiger partial charge in [0.25, 0.3) is 5.56 Å². The van der Waals surface area contributed by atoms with Crippen molar-refractivity contribution in [2.45, 2.75) is 12.2 Å². The molecule has 1 N–H and O–H groups in total. The van der Waals surface area contributed by atoms with E-state index in [0.717, 1.165) is 29.1 Å². The van der Waals surface area contributed by atoms with Crippen molar-refractivity contribution < 1.29 is 9.13 Å². The van der Waals surface area contributed by atoms with Crippen molar-refractivity contribution in [2.75, 3.05) is 12.4 Å². The fourth-order valence-corrected chi connectivity index (χ4v) is 4.70. The zero-order valence-electron chi connectivity index (χ0n) is 15.6. The molecule has 2 aromatic carbocycles. The van der Waals surface area contributed by atoms with E-state index >= 15 is 0 Å². The molecular weight excluding hydrogens is 407 g/mol. The van der Waals surface area contributed by atoms with Crippen molar-refractivity contribution in [3.8, 4) is 16.9 Å². The van der Waals surface area contributed by atoms with E-state index in [-0.39, 0.29) is 11.4 Å². The predicted octanol–water partition coefficient (Wildman–Crippen LogP) is 5.49. The summed E-state index contributed by atoms with van der Waals surface area (Å²) >= 11 is 3.15. The summed E-state index contributed by atoms with van der Waals surface area (Å²) in [6, 6.07) is 15.9. The van der Waals surface area contributed by atoms with Gasteiger partial charge < -0.3 is 9.72 Å². The molecule has 0 atom stereocenters. The Hall–Kier alpha value is -2.64. The lowest BCUT2D eigenvalue weighted by molar-refractivity contribution is 0.318. The standard InChI is InChI=1S/C22H19FN2O2S2/c23-16-9-7-15(8-10-16)18-13-29-22-20(18)21(26)24-19(25-22)14-28-12-4-11-27-17-5-2-1-3-6-17/h1-3,5-10,13H,4,11-12,14H2,(H,24,25,26). The summed E-state index contributed by atoms with van der Waals surface area (Å²) in [6.07, 6.45) is 0.916. The van der Waals surface area contributed by atoms with Crippen molar-refractivity contribution in [3.63, 3.8) is 0 Å². The lowest BCUT2D eigenvalue weighted by Crippen LogP contribution is -2.11. The molecule has 0 amide bonds. The second-order valence-electron chi connectivity index (χ2n) is 6.42. The van der Waals surface area contributed by atoms with Gasteiger partial charge in [-0.2, -0.15) is 11.8 Å². The highest BCUT2D eigenvalue weighted by molar-refractivity contribution is 7.98. The molecule has 0 saturated carbocycles. The van der Waals surface area contributed by atoms with E-state index in [2.05, 4.69) is 9.97 Å². The number of thiophene rings is 1. The molecule has 0 aliphatic heterocycles. The van der Waals surface area contributed by atoms with Crippen molar-refractivity contribution in [1.82, 2.24) is 9.97 Å². The van der Waals surface area contributed by atoms with Gasteiger partial charge in [-0.3, -0.25) is 4.79 Å². The number of thioether (sulfide) groups is 1. The third-order valence-corrected chi connectivity index (χ3v) is 6.26. The number of ether oxygens (including phenoxy) is 1. The number of hydrogen-bond acceptors (Lipinski definition) is 5. The second kappa shape index (κ2) is 9.24. The van der Waals surface area contributed by atoms with Crippen LogP contribution in [0.1, 0.15) is 12.2 Å². The first-order valence-electron chi connectivity index (χ1n) is 9.22. The lowest BCUT2D eigenvalue weighted by atomic mass is 10.1. The zero-order valence-corrected chi connectivity index (χ0v) is 17.2. The summed E-state index contributed by atoms with van der Waals surface area (Å²) in [4.78, 5) is 20.8. The molecule has 29 heavy (non-hydrogen) atoms. The van der Waals surface area contributed by atoms with E-state index in [1.807, 2.05) is 35.7 Å². The molecule has 0 bridgehead atoms. The minimum atomic E-state index is -0.297. The number of aromatic nitrogens is 2. The van der Waals surface area contributed by atoms with Crippen molar-refractivity contribution >= 4 is 33.3 Å². The van der Waals surface area contributed by atoms with E-state index in [4.69, 9.17) is 4.74 Å². The SMILES string of the molecule is O=c1[nH]c(CSCCCOc2ccccc2)nc2scc(-c3ccc(F)cc3)c12. The predicted molar refractivity (Wildman–Crippen MR) is 118 cm³/mol. The third-order valence-electron chi connectivity index (χ3n) is 4.33. The average molecular weight is 427 g/mol. The molecule has 0 fully saturated rings. The number of nitrogens with zero attached hydrogens (tertiary/aromatic N) is 1. The van der Waals surface area contributed by atoms with Crippen LogP contribution in [0, 0.1) is 5.82 Å². The largest absolute Gasteiger partial charge is 0.494 e. The van der Waals surface area contributed by atoms with Gasteiger partial charge in [0.1, 0.15) is 22.2 Å². The van der Waals surface area contributed by atoms with Crippen LogP contribution in [0.15, 0.2) is 64.8 Å². The minimum Gasteiger partial charge on any atom is -0.494 e. The summed E-state index contributed by atoms with van der Waals surface area (Å²) in [7, 11) is 0. The molecule has 0 radical (unpaired) electrons. The summed E-state index contributed by atoms with van der Waals surface area (Å²) < 4.78 is 18.8. The van der Waals surface area contributed by atoms with Crippen LogP contribution in [0.2, 0.25) is 0 Å². The maximum atomic E-state index is 13.2. The van der Waals surface area contributed by atoms with Crippen LogP contribution in [0.25, 0.3) is 21.3 Å². The summed E-state index contributed by atoms with van der Waals surface area (Å²) in [5, 5.41) is 2.46. The van der Waals surface area contributed by atoms with E-state index in [0.29, 0.717) is 28.4 Å². The molecule has 0 spiro atoms. The molecule has 0 saturated heterocycles. The zero-order chi connectivity index (χ0) is 20.1. The highest BCUT2D eigenvalue weighted by Crippen LogP contribution is 2.31. The Balaban J connectivity index is 1.35. The number of rotatable bonds is 8. The van der Waals surface area contributed by atoms with Crippen LogP contribution in [0.3, 0.4) is 0 Å². The van der Waals surface area contributed by atoms with Crippen LogP contribution >= 0.6 is 23.1 Å². The van der Waals surface area contributed by atoms with E-state index in [1.54, 1.807) is 23.9 Å². The van der Waals surface area contributed by atoms with E-state index in [1.165, 1.54) is 23.5 Å².